The standard InChI is InChI=1S/C14H15IN2O2/c1-3-10-11(15)14(18)17-13(16-10)12(19-2)9-7-5-4-6-8-9/h4-8,12H,3H2,1-2H3,(H,16,17,18). The monoisotopic (exact) mass is 370 g/mol. The van der Waals surface area contributed by atoms with Gasteiger partial charge in [0.25, 0.3) is 5.56 Å². The minimum atomic E-state index is -0.351. The Labute approximate surface area is 125 Å². The van der Waals surface area contributed by atoms with Crippen LogP contribution in [0.4, 0.5) is 0 Å². The fourth-order valence-electron chi connectivity index (χ4n) is 1.92. The van der Waals surface area contributed by atoms with Gasteiger partial charge in [0, 0.05) is 7.11 Å². The molecule has 0 spiro atoms. The number of aromatic amines is 1. The van der Waals surface area contributed by atoms with Crippen LogP contribution in [0.5, 0.6) is 0 Å². The molecule has 19 heavy (non-hydrogen) atoms. The van der Waals surface area contributed by atoms with Crippen LogP contribution in [0.2, 0.25) is 0 Å². The molecule has 1 aromatic heterocycles. The summed E-state index contributed by atoms with van der Waals surface area (Å²) in [6.07, 6.45) is 0.372. The van der Waals surface area contributed by atoms with Gasteiger partial charge in [0.1, 0.15) is 11.9 Å². The Hall–Kier alpha value is -1.21. The van der Waals surface area contributed by atoms with Crippen LogP contribution < -0.4 is 5.56 Å². The van der Waals surface area contributed by atoms with Crippen molar-refractivity contribution in [3.05, 3.63) is 61.3 Å². The summed E-state index contributed by atoms with van der Waals surface area (Å²) < 4.78 is 6.13. The first kappa shape index (κ1) is 14.2. The van der Waals surface area contributed by atoms with Crippen molar-refractivity contribution in [2.75, 3.05) is 7.11 Å². The predicted octanol–water partition coefficient (Wildman–Crippen LogP) is 2.67. The van der Waals surface area contributed by atoms with Crippen molar-refractivity contribution < 1.29 is 4.74 Å². The number of benzene rings is 1. The molecule has 0 radical (unpaired) electrons. The summed E-state index contributed by atoms with van der Waals surface area (Å²) in [5.41, 5.74) is 1.66. The maximum absolute atomic E-state index is 11.9. The molecule has 1 heterocycles. The summed E-state index contributed by atoms with van der Waals surface area (Å²) in [6.45, 7) is 1.98. The highest BCUT2D eigenvalue weighted by atomic mass is 127. The van der Waals surface area contributed by atoms with Crippen molar-refractivity contribution in [3.63, 3.8) is 0 Å². The molecular formula is C14H15IN2O2. The minimum Gasteiger partial charge on any atom is -0.369 e. The van der Waals surface area contributed by atoms with Crippen LogP contribution in [-0.4, -0.2) is 17.1 Å². The second kappa shape index (κ2) is 6.29. The van der Waals surface area contributed by atoms with Crippen LogP contribution in [0.3, 0.4) is 0 Å². The van der Waals surface area contributed by atoms with Crippen molar-refractivity contribution >= 4 is 22.6 Å². The van der Waals surface area contributed by atoms with Crippen LogP contribution in [0.1, 0.15) is 30.1 Å². The van der Waals surface area contributed by atoms with Gasteiger partial charge >= 0.3 is 0 Å². The molecule has 0 aliphatic rings. The Morgan fingerprint density at radius 3 is 2.63 bits per heavy atom. The van der Waals surface area contributed by atoms with Gasteiger partial charge in [-0.05, 0) is 34.6 Å². The number of aryl methyl sites for hydroxylation is 1. The molecule has 0 aliphatic heterocycles. The maximum Gasteiger partial charge on any atom is 0.264 e. The topological polar surface area (TPSA) is 55.0 Å². The molecule has 2 aromatic rings. The van der Waals surface area contributed by atoms with Crippen molar-refractivity contribution in [2.24, 2.45) is 0 Å². The van der Waals surface area contributed by atoms with E-state index in [0.29, 0.717) is 9.39 Å². The zero-order chi connectivity index (χ0) is 13.8. The summed E-state index contributed by atoms with van der Waals surface area (Å²) in [4.78, 5) is 19.2. The average Bonchev–Trinajstić information content (AvgIpc) is 2.44. The molecular weight excluding hydrogens is 355 g/mol. The van der Waals surface area contributed by atoms with Crippen molar-refractivity contribution in [2.45, 2.75) is 19.4 Å². The van der Waals surface area contributed by atoms with Crippen LogP contribution >= 0.6 is 22.6 Å². The van der Waals surface area contributed by atoms with E-state index in [0.717, 1.165) is 17.7 Å². The molecule has 0 aliphatic carbocycles. The van der Waals surface area contributed by atoms with E-state index in [1.807, 2.05) is 59.8 Å². The number of methoxy groups -OCH3 is 1. The minimum absolute atomic E-state index is 0.111. The third-order valence-electron chi connectivity index (χ3n) is 2.87. The predicted molar refractivity (Wildman–Crippen MR) is 82.2 cm³/mol. The zero-order valence-corrected chi connectivity index (χ0v) is 13.0. The van der Waals surface area contributed by atoms with E-state index in [9.17, 15) is 4.79 Å². The molecule has 0 fully saturated rings. The van der Waals surface area contributed by atoms with Gasteiger partial charge < -0.3 is 9.72 Å². The highest BCUT2D eigenvalue weighted by Crippen LogP contribution is 2.22. The van der Waals surface area contributed by atoms with Crippen LogP contribution in [-0.2, 0) is 11.2 Å². The number of rotatable bonds is 4. The molecule has 5 heteroatoms. The first-order valence-electron chi connectivity index (χ1n) is 6.03. The summed E-state index contributed by atoms with van der Waals surface area (Å²) in [7, 11) is 1.61. The van der Waals surface area contributed by atoms with E-state index < -0.39 is 0 Å². The van der Waals surface area contributed by atoms with Crippen molar-refractivity contribution in [1.82, 2.24) is 9.97 Å². The van der Waals surface area contributed by atoms with Gasteiger partial charge in [-0.25, -0.2) is 4.98 Å². The largest absolute Gasteiger partial charge is 0.369 e. The first-order chi connectivity index (χ1) is 9.17. The molecule has 0 bridgehead atoms. The van der Waals surface area contributed by atoms with Gasteiger partial charge in [-0.3, -0.25) is 4.79 Å². The number of hydrogen-bond donors (Lipinski definition) is 1. The summed E-state index contributed by atoms with van der Waals surface area (Å²) in [5, 5.41) is 0. The molecule has 4 nitrogen and oxygen atoms in total. The first-order valence-corrected chi connectivity index (χ1v) is 7.11. The molecule has 1 unspecified atom stereocenters. The number of nitrogens with zero attached hydrogens (tertiary/aromatic N) is 1. The number of aromatic nitrogens is 2. The SMILES string of the molecule is CCc1nc(C(OC)c2ccccc2)[nH]c(=O)c1I. The second-order valence-electron chi connectivity index (χ2n) is 4.09. The summed E-state index contributed by atoms with van der Waals surface area (Å²) in [5.74, 6) is 0.552. The Morgan fingerprint density at radius 2 is 2.05 bits per heavy atom. The maximum atomic E-state index is 11.9. The molecule has 0 saturated heterocycles. The van der Waals surface area contributed by atoms with Crippen LogP contribution in [0.15, 0.2) is 35.1 Å². The molecule has 1 N–H and O–H groups in total. The second-order valence-corrected chi connectivity index (χ2v) is 5.17. The fraction of sp³-hybridized carbons (Fsp3) is 0.286. The summed E-state index contributed by atoms with van der Waals surface area (Å²) in [6, 6.07) is 9.73. The van der Waals surface area contributed by atoms with Gasteiger partial charge in [-0.2, -0.15) is 0 Å². The third kappa shape index (κ3) is 3.03. The Kier molecular flexibility index (Phi) is 4.71. The van der Waals surface area contributed by atoms with Gasteiger partial charge in [-0.15, -0.1) is 0 Å². The van der Waals surface area contributed by atoms with Crippen LogP contribution in [0, 0.1) is 3.57 Å². The highest BCUT2D eigenvalue weighted by Gasteiger charge is 2.18. The third-order valence-corrected chi connectivity index (χ3v) is 3.98. The highest BCUT2D eigenvalue weighted by molar-refractivity contribution is 14.1. The lowest BCUT2D eigenvalue weighted by atomic mass is 10.1. The number of nitrogens with one attached hydrogen (secondary N) is 1. The van der Waals surface area contributed by atoms with Crippen molar-refractivity contribution in [1.29, 1.82) is 0 Å². The molecule has 100 valence electrons. The quantitative estimate of drug-likeness (QED) is 0.843. The molecule has 0 saturated carbocycles. The number of hydrogen-bond acceptors (Lipinski definition) is 3. The van der Waals surface area contributed by atoms with E-state index >= 15 is 0 Å². The van der Waals surface area contributed by atoms with E-state index in [1.54, 1.807) is 7.11 Å². The van der Waals surface area contributed by atoms with E-state index in [-0.39, 0.29) is 11.7 Å². The van der Waals surface area contributed by atoms with Gasteiger partial charge in [-0.1, -0.05) is 37.3 Å². The lowest BCUT2D eigenvalue weighted by molar-refractivity contribution is 0.128. The van der Waals surface area contributed by atoms with E-state index in [2.05, 4.69) is 9.97 Å². The normalized spacial score (nSPS) is 12.4. The van der Waals surface area contributed by atoms with Crippen LogP contribution in [0.25, 0.3) is 0 Å². The van der Waals surface area contributed by atoms with Gasteiger partial charge in [0.2, 0.25) is 0 Å². The number of ether oxygens (including phenoxy) is 1. The van der Waals surface area contributed by atoms with Gasteiger partial charge in [0.15, 0.2) is 0 Å². The lowest BCUT2D eigenvalue weighted by Gasteiger charge is -2.16. The Morgan fingerprint density at radius 1 is 1.37 bits per heavy atom. The van der Waals surface area contributed by atoms with E-state index in [1.165, 1.54) is 0 Å². The van der Waals surface area contributed by atoms with Gasteiger partial charge in [0.05, 0.1) is 9.26 Å². The fourth-order valence-corrected chi connectivity index (χ4v) is 2.55. The summed E-state index contributed by atoms with van der Waals surface area (Å²) >= 11 is 2.02. The Balaban J connectivity index is 2.51. The van der Waals surface area contributed by atoms with Crippen molar-refractivity contribution in [3.8, 4) is 0 Å². The molecule has 2 rings (SSSR count). The molecule has 0 amide bonds. The smallest absolute Gasteiger partial charge is 0.264 e. The lowest BCUT2D eigenvalue weighted by Crippen LogP contribution is -2.21. The van der Waals surface area contributed by atoms with E-state index in [4.69, 9.17) is 4.74 Å². The molecule has 1 atom stereocenters. The zero-order valence-electron chi connectivity index (χ0n) is 10.8. The number of halogens is 1. The Bertz CT molecular complexity index is 611. The average molecular weight is 370 g/mol. The number of H-pyrrole nitrogens is 1. The molecule has 1 aromatic carbocycles.